The maximum atomic E-state index is 13.7. The van der Waals surface area contributed by atoms with Crippen molar-refractivity contribution in [1.29, 1.82) is 0 Å². The number of pyridine rings is 1. The van der Waals surface area contributed by atoms with Gasteiger partial charge in [0.25, 0.3) is 5.91 Å². The molecule has 5 rings (SSSR count). The van der Waals surface area contributed by atoms with Crippen molar-refractivity contribution in [2.45, 2.75) is 43.7 Å². The molecule has 0 unspecified atom stereocenters. The van der Waals surface area contributed by atoms with Gasteiger partial charge in [-0.25, -0.2) is 4.98 Å². The van der Waals surface area contributed by atoms with E-state index in [-0.39, 0.29) is 11.8 Å². The van der Waals surface area contributed by atoms with E-state index >= 15 is 0 Å². The highest BCUT2D eigenvalue weighted by Crippen LogP contribution is 2.51. The summed E-state index contributed by atoms with van der Waals surface area (Å²) in [7, 11) is 0. The molecule has 2 aromatic carbocycles. The van der Waals surface area contributed by atoms with Gasteiger partial charge in [-0.15, -0.1) is 0 Å². The molecular weight excluding hydrogens is 386 g/mol. The first-order chi connectivity index (χ1) is 15.2. The van der Waals surface area contributed by atoms with Gasteiger partial charge in [-0.3, -0.25) is 9.59 Å². The summed E-state index contributed by atoms with van der Waals surface area (Å²) in [6.07, 6.45) is 5.32. The van der Waals surface area contributed by atoms with E-state index in [1.807, 2.05) is 71.6 Å². The van der Waals surface area contributed by atoms with Crippen LogP contribution in [0.3, 0.4) is 0 Å². The Morgan fingerprint density at radius 2 is 1.68 bits per heavy atom. The lowest BCUT2D eigenvalue weighted by atomic mass is 9.71. The number of nitrogens with one attached hydrogen (secondary N) is 1. The molecule has 2 heterocycles. The van der Waals surface area contributed by atoms with Crippen LogP contribution in [0.15, 0.2) is 79.0 Å². The second-order valence-corrected chi connectivity index (χ2v) is 8.41. The highest BCUT2D eigenvalue weighted by molar-refractivity contribution is 6.04. The van der Waals surface area contributed by atoms with Gasteiger partial charge < -0.3 is 10.2 Å². The number of nitrogens with zero attached hydrogens (tertiary/aromatic N) is 2. The van der Waals surface area contributed by atoms with Crippen molar-refractivity contribution in [3.05, 3.63) is 95.7 Å². The second-order valence-electron chi connectivity index (χ2n) is 8.41. The number of carbonyl (C=O) groups is 2. The first-order valence-corrected chi connectivity index (χ1v) is 10.9. The summed E-state index contributed by atoms with van der Waals surface area (Å²) in [5.41, 5.74) is 2.00. The fourth-order valence-electron chi connectivity index (χ4n) is 5.30. The molecule has 0 bridgehead atoms. The van der Waals surface area contributed by atoms with Crippen LogP contribution in [0.4, 0.5) is 5.82 Å². The molecule has 1 atom stereocenters. The number of amides is 2. The molecule has 1 fully saturated rings. The Kier molecular flexibility index (Phi) is 5.02. The molecule has 5 nitrogen and oxygen atoms in total. The number of hydrogen-bond donors (Lipinski definition) is 1. The fourth-order valence-corrected chi connectivity index (χ4v) is 5.30. The van der Waals surface area contributed by atoms with E-state index < -0.39 is 11.5 Å². The second kappa shape index (κ2) is 7.99. The van der Waals surface area contributed by atoms with Crippen molar-refractivity contribution >= 4 is 17.6 Å². The number of hydrogen-bond acceptors (Lipinski definition) is 3. The molecule has 31 heavy (non-hydrogen) atoms. The lowest BCUT2D eigenvalue weighted by molar-refractivity contribution is -0.121. The molecule has 1 spiro atoms. The van der Waals surface area contributed by atoms with Gasteiger partial charge >= 0.3 is 0 Å². The lowest BCUT2D eigenvalue weighted by Gasteiger charge is -2.50. The average molecular weight is 412 g/mol. The Bertz CT molecular complexity index is 1090. The maximum Gasteiger partial charge on any atom is 0.254 e. The highest BCUT2D eigenvalue weighted by Gasteiger charge is 2.55. The SMILES string of the molecule is O=C(Nc1ccccn1)[C@H]1c2ccccc2C(=O)N(Cc2ccccc2)C12CCCC2. The third kappa shape index (κ3) is 3.40. The predicted octanol–water partition coefficient (Wildman–Crippen LogP) is 4.77. The molecular formula is C26H25N3O2. The predicted molar refractivity (Wildman–Crippen MR) is 120 cm³/mol. The summed E-state index contributed by atoms with van der Waals surface area (Å²) in [6.45, 7) is 0.501. The molecule has 5 heteroatoms. The Morgan fingerprint density at radius 3 is 2.42 bits per heavy atom. The van der Waals surface area contributed by atoms with Crippen molar-refractivity contribution in [3.8, 4) is 0 Å². The van der Waals surface area contributed by atoms with Crippen LogP contribution in [0.5, 0.6) is 0 Å². The number of aromatic nitrogens is 1. The average Bonchev–Trinajstić information content (AvgIpc) is 3.28. The van der Waals surface area contributed by atoms with Gasteiger partial charge in [-0.1, -0.05) is 67.4 Å². The minimum Gasteiger partial charge on any atom is -0.327 e. The van der Waals surface area contributed by atoms with Crippen LogP contribution < -0.4 is 5.32 Å². The topological polar surface area (TPSA) is 62.3 Å². The third-order valence-corrected chi connectivity index (χ3v) is 6.65. The summed E-state index contributed by atoms with van der Waals surface area (Å²) in [6, 6.07) is 23.1. The van der Waals surface area contributed by atoms with Crippen molar-refractivity contribution in [2.75, 3.05) is 5.32 Å². The monoisotopic (exact) mass is 411 g/mol. The largest absolute Gasteiger partial charge is 0.327 e. The van der Waals surface area contributed by atoms with E-state index in [4.69, 9.17) is 0 Å². The normalized spacial score (nSPS) is 19.3. The van der Waals surface area contributed by atoms with Gasteiger partial charge in [0.1, 0.15) is 5.82 Å². The highest BCUT2D eigenvalue weighted by atomic mass is 16.2. The number of anilines is 1. The van der Waals surface area contributed by atoms with Crippen LogP contribution in [0, 0.1) is 0 Å². The lowest BCUT2D eigenvalue weighted by Crippen LogP contribution is -2.59. The number of carbonyl (C=O) groups excluding carboxylic acids is 2. The number of rotatable bonds is 4. The minimum absolute atomic E-state index is 0.0169. The van der Waals surface area contributed by atoms with Crippen LogP contribution in [-0.4, -0.2) is 27.2 Å². The van der Waals surface area contributed by atoms with Crippen LogP contribution in [0.2, 0.25) is 0 Å². The quantitative estimate of drug-likeness (QED) is 0.672. The Balaban J connectivity index is 1.61. The van der Waals surface area contributed by atoms with Crippen molar-refractivity contribution in [2.24, 2.45) is 0 Å². The molecule has 1 aliphatic heterocycles. The van der Waals surface area contributed by atoms with Gasteiger partial charge in [-0.2, -0.15) is 0 Å². The van der Waals surface area contributed by atoms with Crippen molar-refractivity contribution in [1.82, 2.24) is 9.88 Å². The fraction of sp³-hybridized carbons (Fsp3) is 0.269. The standard InChI is InChI=1S/C26H25N3O2/c30-24(28-22-14-6-9-17-27-22)23-20-12-4-5-13-21(20)25(31)29(26(23)15-7-8-16-26)18-19-10-2-1-3-11-19/h1-6,9-14,17,23H,7-8,15-16,18H2,(H,27,28,30)/t23-/m1/s1. The minimum atomic E-state index is -0.528. The smallest absolute Gasteiger partial charge is 0.254 e. The number of benzene rings is 2. The van der Waals surface area contributed by atoms with E-state index in [9.17, 15) is 9.59 Å². The Morgan fingerprint density at radius 1 is 0.968 bits per heavy atom. The van der Waals surface area contributed by atoms with Crippen LogP contribution in [-0.2, 0) is 11.3 Å². The summed E-state index contributed by atoms with van der Waals surface area (Å²) in [5.74, 6) is 0.0149. The zero-order valence-electron chi connectivity index (χ0n) is 17.3. The molecule has 2 aliphatic rings. The molecule has 3 aromatic rings. The van der Waals surface area contributed by atoms with E-state index in [0.29, 0.717) is 17.9 Å². The summed E-state index contributed by atoms with van der Waals surface area (Å²) >= 11 is 0. The van der Waals surface area contributed by atoms with E-state index in [2.05, 4.69) is 10.3 Å². The van der Waals surface area contributed by atoms with Crippen molar-refractivity contribution < 1.29 is 9.59 Å². The first-order valence-electron chi connectivity index (χ1n) is 10.9. The first kappa shape index (κ1) is 19.5. The number of fused-ring (bicyclic) bond motifs is 1. The maximum absolute atomic E-state index is 13.7. The third-order valence-electron chi connectivity index (χ3n) is 6.65. The molecule has 1 aromatic heterocycles. The summed E-state index contributed by atoms with van der Waals surface area (Å²) < 4.78 is 0. The van der Waals surface area contributed by atoms with Crippen LogP contribution in [0.1, 0.15) is 53.1 Å². The summed E-state index contributed by atoms with van der Waals surface area (Å²) in [4.78, 5) is 33.6. The molecule has 2 amide bonds. The van der Waals surface area contributed by atoms with Gasteiger partial charge in [0.05, 0.1) is 11.5 Å². The van der Waals surface area contributed by atoms with Crippen LogP contribution >= 0.6 is 0 Å². The van der Waals surface area contributed by atoms with Gasteiger partial charge in [0, 0.05) is 18.3 Å². The molecule has 0 radical (unpaired) electrons. The zero-order valence-corrected chi connectivity index (χ0v) is 17.3. The molecule has 1 aliphatic carbocycles. The van der Waals surface area contributed by atoms with E-state index in [1.54, 1.807) is 12.3 Å². The Hall–Kier alpha value is -3.47. The van der Waals surface area contributed by atoms with Gasteiger partial charge in [-0.05, 0) is 42.2 Å². The molecule has 156 valence electrons. The molecule has 0 saturated heterocycles. The molecule has 1 N–H and O–H groups in total. The van der Waals surface area contributed by atoms with E-state index in [1.165, 1.54) is 0 Å². The Labute approximate surface area is 182 Å². The summed E-state index contributed by atoms with van der Waals surface area (Å²) in [5, 5.41) is 3.01. The zero-order chi connectivity index (χ0) is 21.3. The van der Waals surface area contributed by atoms with E-state index in [0.717, 1.165) is 36.8 Å². The van der Waals surface area contributed by atoms with Crippen molar-refractivity contribution in [3.63, 3.8) is 0 Å². The van der Waals surface area contributed by atoms with Gasteiger partial charge in [0.15, 0.2) is 0 Å². The van der Waals surface area contributed by atoms with Gasteiger partial charge in [0.2, 0.25) is 5.91 Å². The molecule has 1 saturated carbocycles. The van der Waals surface area contributed by atoms with Crippen LogP contribution in [0.25, 0.3) is 0 Å².